The second-order valence-electron chi connectivity index (χ2n) is 9.42. The zero-order valence-corrected chi connectivity index (χ0v) is 22.9. The topological polar surface area (TPSA) is 156 Å². The number of rotatable bonds is 9. The van der Waals surface area contributed by atoms with Crippen molar-refractivity contribution < 1.29 is 32.9 Å². The number of aliphatic hydroxyl groups is 3. The Hall–Kier alpha value is -3.24. The molecule has 1 aliphatic rings. The van der Waals surface area contributed by atoms with Crippen LogP contribution in [0, 0.1) is 11.3 Å². The number of hydrogen-bond donors (Lipinski definition) is 4. The minimum absolute atomic E-state index is 0.112. The number of furan rings is 1. The van der Waals surface area contributed by atoms with E-state index in [2.05, 4.69) is 41.7 Å². The second-order valence-corrected chi connectivity index (χ2v) is 11.1. The number of aliphatic hydroxyl groups excluding tert-OH is 3. The van der Waals surface area contributed by atoms with E-state index in [4.69, 9.17) is 9.15 Å². The molecule has 4 N–H and O–H groups in total. The molecule has 39 heavy (non-hydrogen) atoms. The SMILES string of the molecule is CCN(CC)c1ccc2cc(-c3ccc(C(C)=C(C#N)S(=O)(=O)NCC4OCC(O)C(O)C4O)o3)ccc2c1. The third-order valence-corrected chi connectivity index (χ3v) is 8.49. The van der Waals surface area contributed by atoms with Gasteiger partial charge in [-0.1, -0.05) is 18.2 Å². The van der Waals surface area contributed by atoms with Crippen molar-refractivity contribution in [3.63, 3.8) is 0 Å². The number of sulfonamides is 1. The van der Waals surface area contributed by atoms with Gasteiger partial charge in [0.25, 0.3) is 10.0 Å². The van der Waals surface area contributed by atoms with Crippen LogP contribution in [0.2, 0.25) is 0 Å². The van der Waals surface area contributed by atoms with Gasteiger partial charge < -0.3 is 29.4 Å². The maximum Gasteiger partial charge on any atom is 0.251 e. The lowest BCUT2D eigenvalue weighted by Crippen LogP contribution is -2.56. The third kappa shape index (κ3) is 6.01. The highest BCUT2D eigenvalue weighted by Crippen LogP contribution is 2.31. The van der Waals surface area contributed by atoms with Crippen LogP contribution < -0.4 is 9.62 Å². The van der Waals surface area contributed by atoms with Crippen molar-refractivity contribution in [2.24, 2.45) is 0 Å². The van der Waals surface area contributed by atoms with Gasteiger partial charge in [-0.15, -0.1) is 0 Å². The van der Waals surface area contributed by atoms with Crippen LogP contribution in [0.4, 0.5) is 5.69 Å². The Labute approximate surface area is 227 Å². The van der Waals surface area contributed by atoms with Crippen molar-refractivity contribution >= 4 is 32.1 Å². The first kappa shape index (κ1) is 28.8. The molecule has 0 spiro atoms. The molecular formula is C28H33N3O7S. The van der Waals surface area contributed by atoms with Gasteiger partial charge in [-0.05, 0) is 61.9 Å². The van der Waals surface area contributed by atoms with Gasteiger partial charge in [0.05, 0.1) is 12.7 Å². The number of ether oxygens (including phenoxy) is 1. The predicted octanol–water partition coefficient (Wildman–Crippen LogP) is 2.60. The molecule has 10 nitrogen and oxygen atoms in total. The molecule has 4 unspecified atom stereocenters. The molecule has 11 heteroatoms. The summed E-state index contributed by atoms with van der Waals surface area (Å²) in [4.78, 5) is 1.73. The normalized spacial score (nSPS) is 22.4. The lowest BCUT2D eigenvalue weighted by Gasteiger charge is -2.35. The number of benzene rings is 2. The summed E-state index contributed by atoms with van der Waals surface area (Å²) in [6.07, 6.45) is -5.33. The smallest absolute Gasteiger partial charge is 0.251 e. The molecule has 1 aliphatic heterocycles. The van der Waals surface area contributed by atoms with Gasteiger partial charge in [0.2, 0.25) is 0 Å². The minimum Gasteiger partial charge on any atom is -0.456 e. The summed E-state index contributed by atoms with van der Waals surface area (Å²) in [5.74, 6) is 0.740. The molecule has 0 saturated carbocycles. The van der Waals surface area contributed by atoms with Crippen molar-refractivity contribution in [2.45, 2.75) is 45.2 Å². The number of anilines is 1. The van der Waals surface area contributed by atoms with E-state index in [1.807, 2.05) is 18.2 Å². The van der Waals surface area contributed by atoms with Gasteiger partial charge in [0.15, 0.2) is 4.91 Å². The van der Waals surface area contributed by atoms with Gasteiger partial charge >= 0.3 is 0 Å². The quantitative estimate of drug-likeness (QED) is 0.291. The van der Waals surface area contributed by atoms with Gasteiger partial charge in [-0.2, -0.15) is 5.26 Å². The van der Waals surface area contributed by atoms with Crippen LogP contribution in [0.1, 0.15) is 26.5 Å². The highest BCUT2D eigenvalue weighted by atomic mass is 32.2. The zero-order valence-electron chi connectivity index (χ0n) is 22.0. The van der Waals surface area contributed by atoms with Crippen LogP contribution in [0.3, 0.4) is 0 Å². The Kier molecular flexibility index (Phi) is 8.76. The Morgan fingerprint density at radius 2 is 1.74 bits per heavy atom. The summed E-state index contributed by atoms with van der Waals surface area (Å²) in [6, 6.07) is 17.3. The van der Waals surface area contributed by atoms with E-state index in [0.29, 0.717) is 5.76 Å². The van der Waals surface area contributed by atoms with Crippen molar-refractivity contribution in [3.05, 3.63) is 59.2 Å². The molecule has 4 rings (SSSR count). The fraction of sp³-hybridized carbons (Fsp3) is 0.393. The second kappa shape index (κ2) is 11.9. The first-order valence-electron chi connectivity index (χ1n) is 12.7. The fourth-order valence-corrected chi connectivity index (χ4v) is 5.79. The van der Waals surface area contributed by atoms with Gasteiger partial charge in [-0.25, -0.2) is 13.1 Å². The van der Waals surface area contributed by atoms with Crippen LogP contribution in [0.15, 0.2) is 57.9 Å². The summed E-state index contributed by atoms with van der Waals surface area (Å²) in [6.45, 7) is 6.89. The van der Waals surface area contributed by atoms with Crippen LogP contribution in [-0.2, 0) is 14.8 Å². The van der Waals surface area contributed by atoms with E-state index in [1.165, 1.54) is 6.92 Å². The summed E-state index contributed by atoms with van der Waals surface area (Å²) >= 11 is 0. The number of nitrogens with one attached hydrogen (secondary N) is 1. The van der Waals surface area contributed by atoms with Gasteiger partial charge in [0.1, 0.15) is 35.9 Å². The molecule has 208 valence electrons. The molecule has 1 aromatic heterocycles. The molecule has 4 atom stereocenters. The average Bonchev–Trinajstić information content (AvgIpc) is 3.42. The van der Waals surface area contributed by atoms with E-state index < -0.39 is 45.9 Å². The monoisotopic (exact) mass is 555 g/mol. The standard InChI is InChI=1S/C28H33N3O7S/c1-4-31(5-2)21-9-8-18-12-20(7-6-19(18)13-21)24-11-10-23(38-24)17(3)26(14-29)39(35,36)30-15-25-28(34)27(33)22(32)16-37-25/h6-13,22,25,27-28,30,32-34H,4-5,15-16H2,1-3H3. The van der Waals surface area contributed by atoms with Crippen molar-refractivity contribution in [1.29, 1.82) is 5.26 Å². The summed E-state index contributed by atoms with van der Waals surface area (Å²) in [5, 5.41) is 41.2. The Morgan fingerprint density at radius 3 is 2.44 bits per heavy atom. The first-order valence-corrected chi connectivity index (χ1v) is 14.2. The van der Waals surface area contributed by atoms with E-state index in [0.717, 1.165) is 35.1 Å². The van der Waals surface area contributed by atoms with Crippen molar-refractivity contribution in [2.75, 3.05) is 31.1 Å². The van der Waals surface area contributed by atoms with Crippen LogP contribution in [0.25, 0.3) is 27.7 Å². The third-order valence-electron chi connectivity index (χ3n) is 7.00. The zero-order chi connectivity index (χ0) is 28.3. The van der Waals surface area contributed by atoms with Gasteiger partial charge in [-0.3, -0.25) is 0 Å². The van der Waals surface area contributed by atoms with E-state index in [1.54, 1.807) is 18.2 Å². The molecule has 1 saturated heterocycles. The van der Waals surface area contributed by atoms with Crippen LogP contribution in [0.5, 0.6) is 0 Å². The molecular weight excluding hydrogens is 522 g/mol. The molecule has 0 radical (unpaired) electrons. The lowest BCUT2D eigenvalue weighted by molar-refractivity contribution is -0.184. The average molecular weight is 556 g/mol. The Morgan fingerprint density at radius 1 is 1.05 bits per heavy atom. The van der Waals surface area contributed by atoms with Crippen LogP contribution >= 0.6 is 0 Å². The summed E-state index contributed by atoms with van der Waals surface area (Å²) < 4.78 is 39.3. The maximum absolute atomic E-state index is 12.9. The predicted molar refractivity (Wildman–Crippen MR) is 148 cm³/mol. The lowest BCUT2D eigenvalue weighted by atomic mass is 10.0. The maximum atomic E-state index is 12.9. The molecule has 2 aromatic carbocycles. The van der Waals surface area contributed by atoms with Crippen molar-refractivity contribution in [1.82, 2.24) is 4.72 Å². The molecule has 0 bridgehead atoms. The highest BCUT2D eigenvalue weighted by Gasteiger charge is 2.38. The largest absolute Gasteiger partial charge is 0.456 e. The summed E-state index contributed by atoms with van der Waals surface area (Å²) in [7, 11) is -4.30. The number of fused-ring (bicyclic) bond motifs is 1. The molecule has 0 aliphatic carbocycles. The molecule has 0 amide bonds. The molecule has 1 fully saturated rings. The van der Waals surface area contributed by atoms with Crippen molar-refractivity contribution in [3.8, 4) is 17.4 Å². The number of hydrogen-bond acceptors (Lipinski definition) is 9. The Bertz CT molecular complexity index is 1500. The fourth-order valence-electron chi connectivity index (χ4n) is 4.63. The Balaban J connectivity index is 1.55. The number of allylic oxidation sites excluding steroid dienone is 2. The van der Waals surface area contributed by atoms with Gasteiger partial charge in [0, 0.05) is 36.5 Å². The highest BCUT2D eigenvalue weighted by molar-refractivity contribution is 7.93. The van der Waals surface area contributed by atoms with E-state index in [-0.39, 0.29) is 17.9 Å². The molecule has 2 heterocycles. The van der Waals surface area contributed by atoms with E-state index >= 15 is 0 Å². The number of nitriles is 1. The minimum atomic E-state index is -4.30. The summed E-state index contributed by atoms with van der Waals surface area (Å²) in [5.41, 5.74) is 2.07. The first-order chi connectivity index (χ1) is 18.6. The van der Waals surface area contributed by atoms with E-state index in [9.17, 15) is 29.0 Å². The number of nitrogens with zero attached hydrogens (tertiary/aromatic N) is 2. The molecule has 3 aromatic rings. The van der Waals surface area contributed by atoms with Crippen LogP contribution in [-0.4, -0.2) is 74.4 Å².